The normalized spacial score (nSPS) is 18.2. The molecular weight excluding hydrogens is 340 g/mol. The van der Waals surface area contributed by atoms with Crippen molar-refractivity contribution in [2.75, 3.05) is 32.1 Å². The number of anilines is 1. The molecule has 0 unspecified atom stereocenters. The quantitative estimate of drug-likeness (QED) is 0.776. The van der Waals surface area contributed by atoms with Gasteiger partial charge in [-0.3, -0.25) is 0 Å². The van der Waals surface area contributed by atoms with E-state index in [0.29, 0.717) is 31.2 Å². The van der Waals surface area contributed by atoms with Crippen LogP contribution in [0.3, 0.4) is 0 Å². The molecule has 7 nitrogen and oxygen atoms in total. The predicted octanol–water partition coefficient (Wildman–Crippen LogP) is 1.53. The van der Waals surface area contributed by atoms with Gasteiger partial charge in [-0.05, 0) is 12.0 Å². The molecule has 1 aliphatic heterocycles. The summed E-state index contributed by atoms with van der Waals surface area (Å²) in [4.78, 5) is 10.3. The zero-order valence-corrected chi connectivity index (χ0v) is 15.2. The minimum absolute atomic E-state index is 0.00858. The van der Waals surface area contributed by atoms with Crippen LogP contribution in [0.15, 0.2) is 42.7 Å². The minimum atomic E-state index is -3.36. The average Bonchev–Trinajstić information content (AvgIpc) is 3.05. The van der Waals surface area contributed by atoms with E-state index < -0.39 is 10.0 Å². The fourth-order valence-electron chi connectivity index (χ4n) is 2.79. The first-order chi connectivity index (χ1) is 12.0. The Morgan fingerprint density at radius 1 is 1.20 bits per heavy atom. The number of sulfonamides is 1. The van der Waals surface area contributed by atoms with E-state index in [1.54, 1.807) is 12.4 Å². The van der Waals surface area contributed by atoms with Crippen LogP contribution < -0.4 is 9.64 Å². The lowest BCUT2D eigenvalue weighted by Crippen LogP contribution is -2.32. The molecule has 0 bridgehead atoms. The van der Waals surface area contributed by atoms with Gasteiger partial charge < -0.3 is 9.64 Å². The van der Waals surface area contributed by atoms with Gasteiger partial charge in [-0.15, -0.1) is 0 Å². The third-order valence-electron chi connectivity index (χ3n) is 4.04. The second kappa shape index (κ2) is 7.37. The fourth-order valence-corrected chi connectivity index (χ4v) is 4.36. The van der Waals surface area contributed by atoms with Crippen molar-refractivity contribution in [1.29, 1.82) is 0 Å². The summed E-state index contributed by atoms with van der Waals surface area (Å²) in [6, 6.07) is 9.21. The van der Waals surface area contributed by atoms with Gasteiger partial charge in [-0.1, -0.05) is 30.3 Å². The van der Waals surface area contributed by atoms with E-state index in [9.17, 15) is 8.42 Å². The summed E-state index contributed by atoms with van der Waals surface area (Å²) in [6.07, 6.45) is 3.59. The van der Waals surface area contributed by atoms with Crippen LogP contribution in [-0.4, -0.2) is 56.0 Å². The van der Waals surface area contributed by atoms with Crippen molar-refractivity contribution in [3.05, 3.63) is 48.3 Å². The second-order valence-corrected chi connectivity index (χ2v) is 8.18. The molecule has 2 aromatic rings. The molecule has 134 valence electrons. The van der Waals surface area contributed by atoms with Crippen molar-refractivity contribution in [2.24, 2.45) is 0 Å². The SMILES string of the molecule is CN(C)c1nccnc1O[C@H]1CCN(S(=O)(=O)Cc2ccccc2)C1. The summed E-state index contributed by atoms with van der Waals surface area (Å²) in [5.41, 5.74) is 0.788. The largest absolute Gasteiger partial charge is 0.470 e. The van der Waals surface area contributed by atoms with Gasteiger partial charge >= 0.3 is 0 Å². The Morgan fingerprint density at radius 2 is 1.92 bits per heavy atom. The molecule has 0 radical (unpaired) electrons. The zero-order chi connectivity index (χ0) is 17.9. The third-order valence-corrected chi connectivity index (χ3v) is 5.86. The predicted molar refractivity (Wildman–Crippen MR) is 96.0 cm³/mol. The molecule has 1 atom stereocenters. The van der Waals surface area contributed by atoms with E-state index in [-0.39, 0.29) is 11.9 Å². The standard InChI is InChI=1S/C17H22N4O3S/c1-20(2)16-17(19-10-9-18-16)24-15-8-11-21(12-15)25(22,23)13-14-6-4-3-5-7-14/h3-7,9-10,15H,8,11-13H2,1-2H3/t15-/m0/s1. The van der Waals surface area contributed by atoms with E-state index in [0.717, 1.165) is 5.56 Å². The van der Waals surface area contributed by atoms with Crippen LogP contribution in [0.2, 0.25) is 0 Å². The molecule has 2 heterocycles. The number of nitrogens with zero attached hydrogens (tertiary/aromatic N) is 4. The Bertz CT molecular complexity index is 812. The number of aromatic nitrogens is 2. The maximum absolute atomic E-state index is 12.6. The van der Waals surface area contributed by atoms with Gasteiger partial charge in [-0.2, -0.15) is 4.31 Å². The molecule has 0 saturated carbocycles. The van der Waals surface area contributed by atoms with Crippen molar-refractivity contribution in [3.8, 4) is 5.88 Å². The van der Waals surface area contributed by atoms with Crippen molar-refractivity contribution >= 4 is 15.8 Å². The Balaban J connectivity index is 1.66. The lowest BCUT2D eigenvalue weighted by atomic mass is 10.2. The maximum Gasteiger partial charge on any atom is 0.257 e. The molecule has 0 aliphatic carbocycles. The van der Waals surface area contributed by atoms with Gasteiger partial charge in [0.25, 0.3) is 5.88 Å². The lowest BCUT2D eigenvalue weighted by molar-refractivity contribution is 0.207. The Kier molecular flexibility index (Phi) is 5.19. The second-order valence-electron chi connectivity index (χ2n) is 6.21. The Morgan fingerprint density at radius 3 is 2.64 bits per heavy atom. The maximum atomic E-state index is 12.6. The van der Waals surface area contributed by atoms with Crippen LogP contribution in [-0.2, 0) is 15.8 Å². The highest BCUT2D eigenvalue weighted by molar-refractivity contribution is 7.88. The molecule has 1 aromatic carbocycles. The fraction of sp³-hybridized carbons (Fsp3) is 0.412. The van der Waals surface area contributed by atoms with Crippen LogP contribution in [0.4, 0.5) is 5.82 Å². The monoisotopic (exact) mass is 362 g/mol. The highest BCUT2D eigenvalue weighted by atomic mass is 32.2. The van der Waals surface area contributed by atoms with E-state index in [2.05, 4.69) is 9.97 Å². The summed E-state index contributed by atoms with van der Waals surface area (Å²) in [5.74, 6) is 1.07. The van der Waals surface area contributed by atoms with Crippen molar-refractivity contribution in [3.63, 3.8) is 0 Å². The van der Waals surface area contributed by atoms with Gasteiger partial charge in [0.15, 0.2) is 5.82 Å². The number of benzene rings is 1. The molecular formula is C17H22N4O3S. The lowest BCUT2D eigenvalue weighted by Gasteiger charge is -2.19. The van der Waals surface area contributed by atoms with Gasteiger partial charge in [0.1, 0.15) is 6.10 Å². The molecule has 0 amide bonds. The van der Waals surface area contributed by atoms with Crippen molar-refractivity contribution in [2.45, 2.75) is 18.3 Å². The molecule has 8 heteroatoms. The van der Waals surface area contributed by atoms with Crippen molar-refractivity contribution < 1.29 is 13.2 Å². The molecule has 0 N–H and O–H groups in total. The molecule has 25 heavy (non-hydrogen) atoms. The summed E-state index contributed by atoms with van der Waals surface area (Å²) in [6.45, 7) is 0.788. The van der Waals surface area contributed by atoms with Crippen LogP contribution in [0.5, 0.6) is 5.88 Å². The Hall–Kier alpha value is -2.19. The molecule has 1 fully saturated rings. The topological polar surface area (TPSA) is 75.6 Å². The van der Waals surface area contributed by atoms with E-state index >= 15 is 0 Å². The van der Waals surface area contributed by atoms with E-state index in [1.165, 1.54) is 4.31 Å². The van der Waals surface area contributed by atoms with Crippen LogP contribution in [0, 0.1) is 0 Å². The summed E-state index contributed by atoms with van der Waals surface area (Å²) in [7, 11) is 0.369. The Labute approximate surface area is 148 Å². The first kappa shape index (κ1) is 17.6. The van der Waals surface area contributed by atoms with Gasteiger partial charge in [0.2, 0.25) is 10.0 Å². The van der Waals surface area contributed by atoms with Crippen LogP contribution >= 0.6 is 0 Å². The van der Waals surface area contributed by atoms with Gasteiger partial charge in [0, 0.05) is 33.0 Å². The summed E-state index contributed by atoms with van der Waals surface area (Å²) in [5, 5.41) is 0. The molecule has 3 rings (SSSR count). The van der Waals surface area contributed by atoms with Crippen LogP contribution in [0.1, 0.15) is 12.0 Å². The highest BCUT2D eigenvalue weighted by Gasteiger charge is 2.33. The minimum Gasteiger partial charge on any atom is -0.470 e. The van der Waals surface area contributed by atoms with Gasteiger partial charge in [0.05, 0.1) is 12.3 Å². The number of ether oxygens (including phenoxy) is 1. The molecule has 1 saturated heterocycles. The molecule has 1 aliphatic rings. The smallest absolute Gasteiger partial charge is 0.257 e. The summed E-state index contributed by atoms with van der Waals surface area (Å²) >= 11 is 0. The average molecular weight is 362 g/mol. The first-order valence-electron chi connectivity index (χ1n) is 8.12. The number of hydrogen-bond donors (Lipinski definition) is 0. The van der Waals surface area contributed by atoms with E-state index in [1.807, 2.05) is 49.3 Å². The first-order valence-corrected chi connectivity index (χ1v) is 9.73. The third kappa shape index (κ3) is 4.26. The highest BCUT2D eigenvalue weighted by Crippen LogP contribution is 2.25. The zero-order valence-electron chi connectivity index (χ0n) is 14.4. The number of hydrogen-bond acceptors (Lipinski definition) is 6. The molecule has 1 aromatic heterocycles. The number of rotatable bonds is 6. The van der Waals surface area contributed by atoms with Crippen LogP contribution in [0.25, 0.3) is 0 Å². The van der Waals surface area contributed by atoms with Gasteiger partial charge in [-0.25, -0.2) is 18.4 Å². The van der Waals surface area contributed by atoms with E-state index in [4.69, 9.17) is 4.74 Å². The molecule has 0 spiro atoms. The van der Waals surface area contributed by atoms with Crippen molar-refractivity contribution in [1.82, 2.24) is 14.3 Å². The summed E-state index contributed by atoms with van der Waals surface area (Å²) < 4.78 is 32.6.